The fourth-order valence-corrected chi connectivity index (χ4v) is 4.17. The molecule has 0 radical (unpaired) electrons. The van der Waals surface area contributed by atoms with Gasteiger partial charge in [0, 0.05) is 18.4 Å². The summed E-state index contributed by atoms with van der Waals surface area (Å²) in [6.07, 6.45) is 1.32. The highest BCUT2D eigenvalue weighted by molar-refractivity contribution is 6.31. The Bertz CT molecular complexity index is 1110. The van der Waals surface area contributed by atoms with E-state index in [4.69, 9.17) is 21.5 Å². The van der Waals surface area contributed by atoms with Crippen LogP contribution >= 0.6 is 11.6 Å². The van der Waals surface area contributed by atoms with Crippen LogP contribution in [0.4, 0.5) is 0 Å². The normalized spacial score (nSPS) is 15.6. The van der Waals surface area contributed by atoms with Crippen LogP contribution in [0.25, 0.3) is 0 Å². The number of hydrogen-bond acceptors (Lipinski definition) is 6. The van der Waals surface area contributed by atoms with Crippen LogP contribution in [0.3, 0.4) is 0 Å². The molecule has 3 rings (SSSR count). The van der Waals surface area contributed by atoms with E-state index >= 15 is 0 Å². The zero-order chi connectivity index (χ0) is 25.9. The van der Waals surface area contributed by atoms with Crippen molar-refractivity contribution < 1.29 is 29.4 Å². The van der Waals surface area contributed by atoms with Crippen LogP contribution in [0, 0.1) is 17.8 Å². The van der Waals surface area contributed by atoms with Crippen LogP contribution in [0.5, 0.6) is 0 Å². The molecule has 2 aromatic rings. The summed E-state index contributed by atoms with van der Waals surface area (Å²) in [6, 6.07) is 14.9. The largest absolute Gasteiger partial charge is 0.461 e. The highest BCUT2D eigenvalue weighted by Gasteiger charge is 2.35. The molecule has 0 aromatic heterocycles. The molecule has 0 aliphatic heterocycles. The van der Waals surface area contributed by atoms with E-state index in [1.807, 2.05) is 30.3 Å². The van der Waals surface area contributed by atoms with Crippen LogP contribution in [0.1, 0.15) is 43.2 Å². The number of carbonyl (C=O) groups excluding carboxylic acids is 3. The van der Waals surface area contributed by atoms with E-state index in [2.05, 4.69) is 17.2 Å². The van der Waals surface area contributed by atoms with E-state index in [1.165, 1.54) is 5.48 Å². The minimum absolute atomic E-state index is 0.165. The first-order chi connectivity index (χ1) is 17.4. The number of ether oxygens (including phenoxy) is 1. The second kappa shape index (κ2) is 13.6. The summed E-state index contributed by atoms with van der Waals surface area (Å²) in [7, 11) is 0. The summed E-state index contributed by atoms with van der Waals surface area (Å²) >= 11 is 6.11. The van der Waals surface area contributed by atoms with Crippen LogP contribution in [0.15, 0.2) is 54.6 Å². The maximum atomic E-state index is 13.2. The fourth-order valence-electron chi connectivity index (χ4n) is 3.99. The smallest absolute Gasteiger partial charge is 0.329 e. The van der Waals surface area contributed by atoms with Gasteiger partial charge in [0.25, 0.3) is 5.91 Å². The second-order valence-corrected chi connectivity index (χ2v) is 9.01. The number of carbonyl (C=O) groups is 3. The van der Waals surface area contributed by atoms with Crippen molar-refractivity contribution in [3.05, 3.63) is 70.7 Å². The van der Waals surface area contributed by atoms with E-state index in [0.717, 1.165) is 31.2 Å². The molecule has 0 bridgehead atoms. The van der Waals surface area contributed by atoms with Gasteiger partial charge in [0.05, 0.1) is 10.9 Å². The van der Waals surface area contributed by atoms with Gasteiger partial charge < -0.3 is 15.2 Å². The van der Waals surface area contributed by atoms with Crippen LogP contribution in [-0.4, -0.2) is 46.3 Å². The molecule has 9 heteroatoms. The Balaban J connectivity index is 1.79. The topological polar surface area (TPSA) is 125 Å². The highest BCUT2D eigenvalue weighted by atomic mass is 35.5. The van der Waals surface area contributed by atoms with E-state index in [0.29, 0.717) is 10.6 Å². The molecule has 1 aliphatic rings. The maximum absolute atomic E-state index is 13.2. The summed E-state index contributed by atoms with van der Waals surface area (Å²) < 4.78 is 5.63. The Kier molecular flexibility index (Phi) is 10.3. The van der Waals surface area contributed by atoms with Crippen molar-refractivity contribution in [1.82, 2.24) is 10.8 Å². The summed E-state index contributed by atoms with van der Waals surface area (Å²) in [6.45, 7) is 0. The number of aliphatic hydroxyl groups excluding tert-OH is 1. The molecule has 1 aliphatic carbocycles. The van der Waals surface area contributed by atoms with Gasteiger partial charge in [-0.25, -0.2) is 10.3 Å². The molecule has 36 heavy (non-hydrogen) atoms. The van der Waals surface area contributed by atoms with Gasteiger partial charge in [-0.15, -0.1) is 0 Å². The molecule has 3 atom stereocenters. The number of hydrogen-bond donors (Lipinski definition) is 4. The lowest BCUT2D eigenvalue weighted by Crippen LogP contribution is -2.51. The van der Waals surface area contributed by atoms with Crippen LogP contribution < -0.4 is 10.8 Å². The van der Waals surface area contributed by atoms with Gasteiger partial charge in [-0.1, -0.05) is 65.9 Å². The van der Waals surface area contributed by atoms with Crippen molar-refractivity contribution in [2.24, 2.45) is 5.92 Å². The summed E-state index contributed by atoms with van der Waals surface area (Å²) in [4.78, 5) is 38.2. The number of benzene rings is 2. The van der Waals surface area contributed by atoms with E-state index in [1.54, 1.807) is 24.3 Å². The number of aliphatic hydroxyl groups is 1. The van der Waals surface area contributed by atoms with Gasteiger partial charge >= 0.3 is 5.97 Å². The molecule has 0 spiro atoms. The van der Waals surface area contributed by atoms with Crippen LogP contribution in [-0.2, 0) is 25.5 Å². The number of nitrogens with one attached hydrogen (secondary N) is 2. The average Bonchev–Trinajstić information content (AvgIpc) is 3.40. The number of rotatable bonds is 9. The molecule has 1 saturated carbocycles. The Morgan fingerprint density at radius 2 is 1.69 bits per heavy atom. The van der Waals surface area contributed by atoms with Crippen molar-refractivity contribution in [1.29, 1.82) is 0 Å². The average molecular weight is 513 g/mol. The second-order valence-electron chi connectivity index (χ2n) is 8.61. The molecule has 2 amide bonds. The lowest BCUT2D eigenvalue weighted by Gasteiger charge is -2.24. The Hall–Kier alpha value is -3.38. The quantitative estimate of drug-likeness (QED) is 0.177. The van der Waals surface area contributed by atoms with Gasteiger partial charge in [0.15, 0.2) is 0 Å². The van der Waals surface area contributed by atoms with Gasteiger partial charge in [0.1, 0.15) is 18.2 Å². The minimum Gasteiger partial charge on any atom is -0.461 e. The Morgan fingerprint density at radius 1 is 1.03 bits per heavy atom. The molecule has 0 saturated heterocycles. The number of amides is 2. The standard InChI is InChI=1S/C27H29ClN2O6/c28-22-16-7-4-11-19(22)12-8-15-21(24(31)26(33)30-35)25(32)29-23(17-18-9-2-1-3-10-18)27(34)36-20-13-5-6-14-20/h1-4,7,9-11,16,20-21,23-24,31,35H,5-6,13-15,17H2,(H,29,32)(H,30,33). The van der Waals surface area contributed by atoms with Crippen molar-refractivity contribution in [2.75, 3.05) is 0 Å². The van der Waals surface area contributed by atoms with Crippen LogP contribution in [0.2, 0.25) is 5.02 Å². The highest BCUT2D eigenvalue weighted by Crippen LogP contribution is 2.22. The Labute approximate surface area is 214 Å². The molecule has 8 nitrogen and oxygen atoms in total. The molecule has 2 aromatic carbocycles. The predicted molar refractivity (Wildman–Crippen MR) is 133 cm³/mol. The third kappa shape index (κ3) is 7.82. The van der Waals surface area contributed by atoms with E-state index in [9.17, 15) is 19.5 Å². The van der Waals surface area contributed by atoms with Crippen molar-refractivity contribution in [2.45, 2.75) is 56.8 Å². The maximum Gasteiger partial charge on any atom is 0.329 e. The first-order valence-electron chi connectivity index (χ1n) is 11.8. The lowest BCUT2D eigenvalue weighted by molar-refractivity contribution is -0.154. The van der Waals surface area contributed by atoms with E-state index in [-0.39, 0.29) is 18.9 Å². The van der Waals surface area contributed by atoms with Crippen molar-refractivity contribution in [3.63, 3.8) is 0 Å². The van der Waals surface area contributed by atoms with Gasteiger partial charge in [-0.05, 0) is 43.4 Å². The summed E-state index contributed by atoms with van der Waals surface area (Å²) in [5, 5.41) is 22.5. The fraction of sp³-hybridized carbons (Fsp3) is 0.370. The minimum atomic E-state index is -1.90. The van der Waals surface area contributed by atoms with Gasteiger partial charge in [0.2, 0.25) is 5.91 Å². The summed E-state index contributed by atoms with van der Waals surface area (Å²) in [5.74, 6) is 1.69. The van der Waals surface area contributed by atoms with Gasteiger partial charge in [-0.3, -0.25) is 14.8 Å². The monoisotopic (exact) mass is 512 g/mol. The Morgan fingerprint density at radius 3 is 2.36 bits per heavy atom. The molecule has 0 heterocycles. The van der Waals surface area contributed by atoms with Crippen molar-refractivity contribution >= 4 is 29.4 Å². The molecular formula is C27H29ClN2O6. The predicted octanol–water partition coefficient (Wildman–Crippen LogP) is 2.78. The van der Waals surface area contributed by atoms with E-state index < -0.39 is 35.8 Å². The molecule has 1 fully saturated rings. The van der Waals surface area contributed by atoms with Crippen molar-refractivity contribution in [3.8, 4) is 11.8 Å². The number of hydroxylamine groups is 1. The number of esters is 1. The van der Waals surface area contributed by atoms with Gasteiger partial charge in [-0.2, -0.15) is 0 Å². The zero-order valence-electron chi connectivity index (χ0n) is 19.7. The molecule has 3 unspecified atom stereocenters. The third-order valence-electron chi connectivity index (χ3n) is 5.98. The number of halogens is 1. The molecule has 4 N–H and O–H groups in total. The zero-order valence-corrected chi connectivity index (χ0v) is 20.4. The third-order valence-corrected chi connectivity index (χ3v) is 6.31. The lowest BCUT2D eigenvalue weighted by atomic mass is 9.95. The first-order valence-corrected chi connectivity index (χ1v) is 12.2. The molecular weight excluding hydrogens is 484 g/mol. The summed E-state index contributed by atoms with van der Waals surface area (Å²) in [5.41, 5.74) is 2.67. The molecule has 190 valence electrons. The SMILES string of the molecule is O=C(OC1CCCC1)C(Cc1ccccc1)NC(=O)C(CC#Cc1ccccc1Cl)C(O)C(=O)NO. The first kappa shape index (κ1) is 27.2.